The van der Waals surface area contributed by atoms with Gasteiger partial charge in [-0.3, -0.25) is 14.7 Å². The lowest BCUT2D eigenvalue weighted by Gasteiger charge is -2.26. The maximum absolute atomic E-state index is 12.5. The third-order valence-corrected chi connectivity index (χ3v) is 4.65. The van der Waals surface area contributed by atoms with E-state index in [1.165, 1.54) is 0 Å². The van der Waals surface area contributed by atoms with Crippen LogP contribution in [-0.4, -0.2) is 55.2 Å². The van der Waals surface area contributed by atoms with Gasteiger partial charge in [-0.15, -0.1) is 0 Å². The van der Waals surface area contributed by atoms with E-state index in [2.05, 4.69) is 15.2 Å². The number of carbonyl (C=O) groups is 1. The van der Waals surface area contributed by atoms with Gasteiger partial charge in [0, 0.05) is 49.7 Å². The fourth-order valence-electron chi connectivity index (χ4n) is 3.20. The number of hydrogen-bond acceptors (Lipinski definition) is 5. The molecule has 1 aliphatic heterocycles. The number of aryl methyl sites for hydroxylation is 2. The SMILES string of the molecule is Cc1cc(C(=O)NCCN2CCOCC2)cc(C)c1OCc1cccnc1. The number of hydrogen-bond donors (Lipinski definition) is 1. The first-order valence-electron chi connectivity index (χ1n) is 9.35. The lowest BCUT2D eigenvalue weighted by Crippen LogP contribution is -2.41. The molecule has 1 saturated heterocycles. The molecule has 144 valence electrons. The molecule has 6 heteroatoms. The summed E-state index contributed by atoms with van der Waals surface area (Å²) >= 11 is 0. The van der Waals surface area contributed by atoms with Crippen LogP contribution in [0.1, 0.15) is 27.0 Å². The maximum atomic E-state index is 12.5. The lowest BCUT2D eigenvalue weighted by atomic mass is 10.0. The Morgan fingerprint density at radius 1 is 1.26 bits per heavy atom. The highest BCUT2D eigenvalue weighted by Crippen LogP contribution is 2.25. The predicted octanol–water partition coefficient (Wildman–Crippen LogP) is 2.34. The van der Waals surface area contributed by atoms with Gasteiger partial charge in [0.1, 0.15) is 12.4 Å². The number of benzene rings is 1. The van der Waals surface area contributed by atoms with Crippen molar-refractivity contribution in [3.05, 3.63) is 58.9 Å². The molecule has 1 N–H and O–H groups in total. The zero-order chi connectivity index (χ0) is 19.1. The van der Waals surface area contributed by atoms with Crippen molar-refractivity contribution in [3.8, 4) is 5.75 Å². The van der Waals surface area contributed by atoms with Crippen LogP contribution < -0.4 is 10.1 Å². The number of carbonyl (C=O) groups excluding carboxylic acids is 1. The van der Waals surface area contributed by atoms with Crippen LogP contribution in [0.3, 0.4) is 0 Å². The number of rotatable bonds is 7. The number of amides is 1. The van der Waals surface area contributed by atoms with Crippen LogP contribution in [0.15, 0.2) is 36.7 Å². The van der Waals surface area contributed by atoms with E-state index in [0.717, 1.165) is 55.3 Å². The Bertz CT molecular complexity index is 736. The highest BCUT2D eigenvalue weighted by Gasteiger charge is 2.13. The molecule has 3 rings (SSSR count). The van der Waals surface area contributed by atoms with Crippen molar-refractivity contribution in [2.75, 3.05) is 39.4 Å². The molecule has 0 bridgehead atoms. The minimum absolute atomic E-state index is 0.0479. The zero-order valence-electron chi connectivity index (χ0n) is 16.0. The molecule has 0 atom stereocenters. The number of pyridine rings is 1. The molecule has 6 nitrogen and oxygen atoms in total. The van der Waals surface area contributed by atoms with E-state index in [1.807, 2.05) is 38.1 Å². The summed E-state index contributed by atoms with van der Waals surface area (Å²) in [4.78, 5) is 18.9. The molecule has 1 fully saturated rings. The molecular formula is C21H27N3O3. The number of aromatic nitrogens is 1. The van der Waals surface area contributed by atoms with Crippen molar-refractivity contribution >= 4 is 5.91 Å². The van der Waals surface area contributed by atoms with Gasteiger partial charge < -0.3 is 14.8 Å². The summed E-state index contributed by atoms with van der Waals surface area (Å²) < 4.78 is 11.3. The van der Waals surface area contributed by atoms with Gasteiger partial charge in [-0.2, -0.15) is 0 Å². The van der Waals surface area contributed by atoms with E-state index in [-0.39, 0.29) is 5.91 Å². The van der Waals surface area contributed by atoms with E-state index in [0.29, 0.717) is 18.7 Å². The van der Waals surface area contributed by atoms with E-state index in [1.54, 1.807) is 12.4 Å². The molecule has 0 spiro atoms. The summed E-state index contributed by atoms with van der Waals surface area (Å²) in [5, 5.41) is 3.01. The number of nitrogens with one attached hydrogen (secondary N) is 1. The van der Waals surface area contributed by atoms with Crippen LogP contribution in [0.5, 0.6) is 5.75 Å². The molecule has 1 amide bonds. The first-order chi connectivity index (χ1) is 13.1. The van der Waals surface area contributed by atoms with Gasteiger partial charge in [0.15, 0.2) is 0 Å². The molecule has 0 aliphatic carbocycles. The van der Waals surface area contributed by atoms with Crippen molar-refractivity contribution in [2.45, 2.75) is 20.5 Å². The van der Waals surface area contributed by atoms with Crippen LogP contribution in [-0.2, 0) is 11.3 Å². The second-order valence-electron chi connectivity index (χ2n) is 6.80. The van der Waals surface area contributed by atoms with Crippen LogP contribution in [0.2, 0.25) is 0 Å². The van der Waals surface area contributed by atoms with Crippen LogP contribution in [0, 0.1) is 13.8 Å². The van der Waals surface area contributed by atoms with Crippen LogP contribution >= 0.6 is 0 Å². The Kier molecular flexibility index (Phi) is 6.79. The zero-order valence-corrected chi connectivity index (χ0v) is 16.0. The van der Waals surface area contributed by atoms with Gasteiger partial charge in [0.05, 0.1) is 13.2 Å². The van der Waals surface area contributed by atoms with Crippen LogP contribution in [0.25, 0.3) is 0 Å². The minimum atomic E-state index is -0.0479. The molecular weight excluding hydrogens is 342 g/mol. The smallest absolute Gasteiger partial charge is 0.251 e. The Labute approximate surface area is 160 Å². The first kappa shape index (κ1) is 19.3. The molecule has 1 aromatic heterocycles. The third kappa shape index (κ3) is 5.52. The van der Waals surface area contributed by atoms with Gasteiger partial charge >= 0.3 is 0 Å². The summed E-state index contributed by atoms with van der Waals surface area (Å²) in [5.41, 5.74) is 3.59. The van der Waals surface area contributed by atoms with Crippen LogP contribution in [0.4, 0.5) is 0 Å². The quantitative estimate of drug-likeness (QED) is 0.812. The average molecular weight is 369 g/mol. The summed E-state index contributed by atoms with van der Waals surface area (Å²) in [7, 11) is 0. The largest absolute Gasteiger partial charge is 0.488 e. The Morgan fingerprint density at radius 3 is 2.67 bits per heavy atom. The van der Waals surface area contributed by atoms with E-state index < -0.39 is 0 Å². The Hall–Kier alpha value is -2.44. The van der Waals surface area contributed by atoms with Crippen molar-refractivity contribution in [2.24, 2.45) is 0 Å². The van der Waals surface area contributed by atoms with E-state index >= 15 is 0 Å². The van der Waals surface area contributed by atoms with Gasteiger partial charge in [0.25, 0.3) is 5.91 Å². The minimum Gasteiger partial charge on any atom is -0.488 e. The van der Waals surface area contributed by atoms with Gasteiger partial charge in [-0.05, 0) is 43.2 Å². The summed E-state index contributed by atoms with van der Waals surface area (Å²) in [5.74, 6) is 0.775. The Morgan fingerprint density at radius 2 is 2.00 bits per heavy atom. The van der Waals surface area contributed by atoms with Gasteiger partial charge in [-0.1, -0.05) is 6.07 Å². The second-order valence-corrected chi connectivity index (χ2v) is 6.80. The molecule has 27 heavy (non-hydrogen) atoms. The number of nitrogens with zero attached hydrogens (tertiary/aromatic N) is 2. The molecule has 0 saturated carbocycles. The van der Waals surface area contributed by atoms with E-state index in [9.17, 15) is 4.79 Å². The molecule has 1 aromatic carbocycles. The summed E-state index contributed by atoms with van der Waals surface area (Å²) in [6.07, 6.45) is 3.54. The maximum Gasteiger partial charge on any atom is 0.251 e. The molecule has 0 radical (unpaired) electrons. The summed E-state index contributed by atoms with van der Waals surface area (Å²) in [6, 6.07) is 7.64. The highest BCUT2D eigenvalue weighted by atomic mass is 16.5. The van der Waals surface area contributed by atoms with Crippen molar-refractivity contribution in [1.29, 1.82) is 0 Å². The van der Waals surface area contributed by atoms with E-state index in [4.69, 9.17) is 9.47 Å². The molecule has 2 heterocycles. The predicted molar refractivity (Wildman–Crippen MR) is 104 cm³/mol. The highest BCUT2D eigenvalue weighted by molar-refractivity contribution is 5.94. The number of ether oxygens (including phenoxy) is 2. The monoisotopic (exact) mass is 369 g/mol. The number of morpholine rings is 1. The average Bonchev–Trinajstić information content (AvgIpc) is 2.69. The van der Waals surface area contributed by atoms with Gasteiger partial charge in [-0.25, -0.2) is 0 Å². The van der Waals surface area contributed by atoms with Crippen molar-refractivity contribution in [1.82, 2.24) is 15.2 Å². The van der Waals surface area contributed by atoms with Crippen molar-refractivity contribution < 1.29 is 14.3 Å². The second kappa shape index (κ2) is 9.48. The standard InChI is InChI=1S/C21H27N3O3/c1-16-12-19(21(25)23-6-7-24-8-10-26-11-9-24)13-17(2)20(16)27-15-18-4-3-5-22-14-18/h3-5,12-14H,6-11,15H2,1-2H3,(H,23,25). The fourth-order valence-corrected chi connectivity index (χ4v) is 3.20. The molecule has 1 aliphatic rings. The van der Waals surface area contributed by atoms with Crippen molar-refractivity contribution in [3.63, 3.8) is 0 Å². The van der Waals surface area contributed by atoms with Gasteiger partial charge in [0.2, 0.25) is 0 Å². The molecule has 0 unspecified atom stereocenters. The lowest BCUT2D eigenvalue weighted by molar-refractivity contribution is 0.0383. The normalized spacial score (nSPS) is 14.7. The fraction of sp³-hybridized carbons (Fsp3) is 0.429. The topological polar surface area (TPSA) is 63.7 Å². The Balaban J connectivity index is 1.55. The summed E-state index contributed by atoms with van der Waals surface area (Å²) in [6.45, 7) is 9.27. The first-order valence-corrected chi connectivity index (χ1v) is 9.35. The third-order valence-electron chi connectivity index (χ3n) is 4.65. The molecule has 2 aromatic rings.